The highest BCUT2D eigenvalue weighted by Gasteiger charge is 2.50. The number of halogens is 1. The van der Waals surface area contributed by atoms with Gasteiger partial charge in [0.15, 0.2) is 0 Å². The van der Waals surface area contributed by atoms with Crippen LogP contribution in [0, 0.1) is 0 Å². The number of carbonyl (C=O) groups excluding carboxylic acids is 2. The molecule has 2 rings (SSSR count). The Hall–Kier alpha value is -2.41. The average molecular weight is 475 g/mol. The molecule has 0 amide bonds. The smallest absolute Gasteiger partial charge is 0.330 e. The molecule has 32 heavy (non-hydrogen) atoms. The molecule has 0 bridgehead atoms. The number of benzene rings is 2. The Balaban J connectivity index is 2.50. The molecule has 172 valence electrons. The fraction of sp³-hybridized carbons (Fsp3) is 0.360. The van der Waals surface area contributed by atoms with Gasteiger partial charge in [0.2, 0.25) is 0 Å². The summed E-state index contributed by atoms with van der Waals surface area (Å²) in [5.74, 6) is -1.13. The van der Waals surface area contributed by atoms with Crippen molar-refractivity contribution >= 4 is 42.2 Å². The standard InChI is InChI=1S/C25H31ClO5Si/c1-19(26)24(28)31-20(16-17-23(27)29-5)18-30-32(25(2,3)4,21-12-8-6-9-13-21)22-14-10-7-11-15-22/h6-17,19-20H,18H2,1-5H3/b17-16+/t19?,20-/m1/s1. The summed E-state index contributed by atoms with van der Waals surface area (Å²) in [6, 6.07) is 20.3. The van der Waals surface area contributed by atoms with Gasteiger partial charge in [-0.2, -0.15) is 0 Å². The van der Waals surface area contributed by atoms with Crippen LogP contribution < -0.4 is 10.4 Å². The lowest BCUT2D eigenvalue weighted by atomic mass is 10.2. The molecule has 0 aliphatic heterocycles. The van der Waals surface area contributed by atoms with Gasteiger partial charge in [-0.05, 0) is 28.4 Å². The summed E-state index contributed by atoms with van der Waals surface area (Å²) >= 11 is 5.89. The summed E-state index contributed by atoms with van der Waals surface area (Å²) in [6.07, 6.45) is 1.90. The lowest BCUT2D eigenvalue weighted by molar-refractivity contribution is -0.147. The van der Waals surface area contributed by atoms with Gasteiger partial charge in [-0.25, -0.2) is 4.79 Å². The monoisotopic (exact) mass is 474 g/mol. The molecule has 0 spiro atoms. The molecule has 0 aromatic heterocycles. The zero-order chi connectivity index (χ0) is 23.8. The molecule has 0 saturated heterocycles. The van der Waals surface area contributed by atoms with E-state index in [1.54, 1.807) is 0 Å². The number of hydrogen-bond donors (Lipinski definition) is 0. The predicted octanol–water partition coefficient (Wildman–Crippen LogP) is 3.83. The maximum atomic E-state index is 12.2. The van der Waals surface area contributed by atoms with Crippen molar-refractivity contribution in [1.82, 2.24) is 0 Å². The van der Waals surface area contributed by atoms with E-state index in [-0.39, 0.29) is 11.6 Å². The Morgan fingerprint density at radius 1 is 1.00 bits per heavy atom. The number of hydrogen-bond acceptors (Lipinski definition) is 5. The van der Waals surface area contributed by atoms with E-state index >= 15 is 0 Å². The minimum atomic E-state index is -2.83. The predicted molar refractivity (Wildman–Crippen MR) is 130 cm³/mol. The highest BCUT2D eigenvalue weighted by atomic mass is 35.5. The average Bonchev–Trinajstić information content (AvgIpc) is 2.77. The van der Waals surface area contributed by atoms with E-state index < -0.39 is 31.7 Å². The van der Waals surface area contributed by atoms with Crippen molar-refractivity contribution < 1.29 is 23.5 Å². The SMILES string of the molecule is COC(=O)/C=C/[C@H](CO[Si](c1ccccc1)(c1ccccc1)C(C)(C)C)OC(=O)C(C)Cl. The molecule has 2 atom stereocenters. The minimum absolute atomic E-state index is 0.0656. The third kappa shape index (κ3) is 6.31. The number of alkyl halides is 1. The van der Waals surface area contributed by atoms with Gasteiger partial charge in [0.1, 0.15) is 11.5 Å². The largest absolute Gasteiger partial charge is 0.466 e. The van der Waals surface area contributed by atoms with E-state index in [9.17, 15) is 9.59 Å². The van der Waals surface area contributed by atoms with E-state index in [0.717, 1.165) is 10.4 Å². The van der Waals surface area contributed by atoms with E-state index in [0.29, 0.717) is 0 Å². The number of methoxy groups -OCH3 is 1. The van der Waals surface area contributed by atoms with Gasteiger partial charge in [-0.1, -0.05) is 81.4 Å². The van der Waals surface area contributed by atoms with Crippen molar-refractivity contribution in [2.24, 2.45) is 0 Å². The first-order chi connectivity index (χ1) is 15.1. The summed E-state index contributed by atoms with van der Waals surface area (Å²) in [7, 11) is -1.54. The van der Waals surface area contributed by atoms with E-state index in [4.69, 9.17) is 20.8 Å². The van der Waals surface area contributed by atoms with Gasteiger partial charge < -0.3 is 13.9 Å². The summed E-state index contributed by atoms with van der Waals surface area (Å²) < 4.78 is 17.0. The molecule has 5 nitrogen and oxygen atoms in total. The molecule has 0 N–H and O–H groups in total. The molecular weight excluding hydrogens is 444 g/mol. The Morgan fingerprint density at radius 3 is 1.91 bits per heavy atom. The Morgan fingerprint density at radius 2 is 1.50 bits per heavy atom. The van der Waals surface area contributed by atoms with Gasteiger partial charge in [0.25, 0.3) is 8.32 Å². The van der Waals surface area contributed by atoms with Crippen LogP contribution >= 0.6 is 11.6 Å². The van der Waals surface area contributed by atoms with Crippen molar-refractivity contribution in [3.63, 3.8) is 0 Å². The first kappa shape index (κ1) is 25.8. The molecule has 2 aromatic rings. The fourth-order valence-electron chi connectivity index (χ4n) is 3.59. The zero-order valence-electron chi connectivity index (χ0n) is 19.2. The zero-order valence-corrected chi connectivity index (χ0v) is 21.0. The van der Waals surface area contributed by atoms with Crippen LogP contribution in [0.25, 0.3) is 0 Å². The number of ether oxygens (including phenoxy) is 2. The van der Waals surface area contributed by atoms with Crippen LogP contribution in [0.3, 0.4) is 0 Å². The van der Waals surface area contributed by atoms with Crippen LogP contribution in [-0.2, 0) is 23.5 Å². The third-order valence-electron chi connectivity index (χ3n) is 5.12. The normalized spacial score (nSPS) is 14.1. The fourth-order valence-corrected chi connectivity index (χ4v) is 8.22. The van der Waals surface area contributed by atoms with E-state index in [1.165, 1.54) is 26.2 Å². The Labute approximate surface area is 196 Å². The second-order valence-corrected chi connectivity index (χ2v) is 13.4. The summed E-state index contributed by atoms with van der Waals surface area (Å²) in [5.41, 5.74) is 0. The lowest BCUT2D eigenvalue weighted by Crippen LogP contribution is -2.67. The molecule has 0 aliphatic carbocycles. The molecule has 0 heterocycles. The van der Waals surface area contributed by atoms with Crippen molar-refractivity contribution in [1.29, 1.82) is 0 Å². The second kappa shape index (κ2) is 11.5. The van der Waals surface area contributed by atoms with Crippen LogP contribution in [0.15, 0.2) is 72.8 Å². The van der Waals surface area contributed by atoms with Gasteiger partial charge in [0.05, 0.1) is 13.7 Å². The number of rotatable bonds is 9. The third-order valence-corrected chi connectivity index (χ3v) is 10.3. The van der Waals surface area contributed by atoms with Gasteiger partial charge in [-0.15, -0.1) is 11.6 Å². The van der Waals surface area contributed by atoms with Gasteiger partial charge in [-0.3, -0.25) is 4.79 Å². The lowest BCUT2D eigenvalue weighted by Gasteiger charge is -2.43. The Kier molecular flexibility index (Phi) is 9.25. The summed E-state index contributed by atoms with van der Waals surface area (Å²) in [4.78, 5) is 23.8. The Bertz CT molecular complexity index is 867. The van der Waals surface area contributed by atoms with E-state index in [1.807, 2.05) is 36.4 Å². The highest BCUT2D eigenvalue weighted by molar-refractivity contribution is 6.99. The first-order valence-corrected chi connectivity index (χ1v) is 12.8. The van der Waals surface area contributed by atoms with Gasteiger partial charge in [0, 0.05) is 6.08 Å². The molecule has 0 aliphatic rings. The first-order valence-electron chi connectivity index (χ1n) is 10.5. The topological polar surface area (TPSA) is 61.8 Å². The van der Waals surface area contributed by atoms with Crippen molar-refractivity contribution in [2.45, 2.75) is 44.2 Å². The molecule has 0 fully saturated rings. The van der Waals surface area contributed by atoms with Crippen LogP contribution in [0.4, 0.5) is 0 Å². The summed E-state index contributed by atoms with van der Waals surface area (Å²) in [5, 5.41) is 1.14. The molecule has 1 unspecified atom stereocenters. The van der Waals surface area contributed by atoms with Crippen molar-refractivity contribution in [3.8, 4) is 0 Å². The highest BCUT2D eigenvalue weighted by Crippen LogP contribution is 2.36. The molecular formula is C25H31ClO5Si. The maximum absolute atomic E-state index is 12.2. The van der Waals surface area contributed by atoms with Gasteiger partial charge >= 0.3 is 11.9 Å². The van der Waals surface area contributed by atoms with Crippen molar-refractivity contribution in [3.05, 3.63) is 72.8 Å². The van der Waals surface area contributed by atoms with E-state index in [2.05, 4.69) is 49.8 Å². The molecule has 0 saturated carbocycles. The van der Waals surface area contributed by atoms with Crippen molar-refractivity contribution in [2.75, 3.05) is 13.7 Å². The van der Waals surface area contributed by atoms with Crippen LogP contribution in [0.1, 0.15) is 27.7 Å². The molecule has 2 aromatic carbocycles. The number of esters is 2. The molecule has 0 radical (unpaired) electrons. The van der Waals surface area contributed by atoms with Crippen LogP contribution in [0.5, 0.6) is 0 Å². The van der Waals surface area contributed by atoms with Crippen LogP contribution in [-0.4, -0.2) is 45.5 Å². The number of carbonyl (C=O) groups is 2. The quantitative estimate of drug-likeness (QED) is 0.239. The molecule has 7 heteroatoms. The second-order valence-electron chi connectivity index (χ2n) is 8.45. The maximum Gasteiger partial charge on any atom is 0.330 e. The van der Waals surface area contributed by atoms with Crippen LogP contribution in [0.2, 0.25) is 5.04 Å². The summed E-state index contributed by atoms with van der Waals surface area (Å²) in [6.45, 7) is 8.08. The minimum Gasteiger partial charge on any atom is -0.466 e.